The number of aromatic nitrogens is 1. The van der Waals surface area contributed by atoms with Crippen LogP contribution in [0, 0.1) is 18.3 Å². The molecule has 0 saturated carbocycles. The summed E-state index contributed by atoms with van der Waals surface area (Å²) in [6.45, 7) is 1.89. The van der Waals surface area contributed by atoms with Gasteiger partial charge in [-0.15, -0.1) is 0 Å². The fourth-order valence-electron chi connectivity index (χ4n) is 3.12. The Kier molecular flexibility index (Phi) is 5.88. The molecule has 0 bridgehead atoms. The Bertz CT molecular complexity index is 1430. The SMILES string of the molecule is Cc1c(C#N)c(Sc2ccccc2NS(=O)(=O)c2ccc(Cl)cc2)nc2ccccc12. The first-order chi connectivity index (χ1) is 14.9. The summed E-state index contributed by atoms with van der Waals surface area (Å²) in [7, 11) is -3.81. The van der Waals surface area contributed by atoms with Crippen molar-refractivity contribution in [3.63, 3.8) is 0 Å². The molecule has 0 atom stereocenters. The van der Waals surface area contributed by atoms with E-state index in [4.69, 9.17) is 11.6 Å². The standard InChI is InChI=1S/C23H16ClN3O2S2/c1-15-18-6-2-3-7-20(18)26-23(19(15)14-25)30-22-9-5-4-8-21(22)27-31(28,29)17-12-10-16(24)11-13-17/h2-13,27H,1H3. The molecule has 8 heteroatoms. The number of aryl methyl sites for hydroxylation is 1. The number of hydrogen-bond acceptors (Lipinski definition) is 5. The molecule has 0 radical (unpaired) electrons. The topological polar surface area (TPSA) is 82.9 Å². The van der Waals surface area contributed by atoms with Crippen LogP contribution in [0.2, 0.25) is 5.02 Å². The highest BCUT2D eigenvalue weighted by Gasteiger charge is 2.18. The molecule has 0 aliphatic carbocycles. The summed E-state index contributed by atoms with van der Waals surface area (Å²) >= 11 is 7.12. The van der Waals surface area contributed by atoms with Crippen LogP contribution in [-0.2, 0) is 10.0 Å². The second-order valence-corrected chi connectivity index (χ2v) is 9.85. The molecule has 0 unspecified atom stereocenters. The highest BCUT2D eigenvalue weighted by atomic mass is 35.5. The molecule has 154 valence electrons. The maximum atomic E-state index is 12.8. The maximum Gasteiger partial charge on any atom is 0.261 e. The van der Waals surface area contributed by atoms with Gasteiger partial charge in [-0.2, -0.15) is 5.26 Å². The fraction of sp³-hybridized carbons (Fsp3) is 0.0435. The molecular weight excluding hydrogens is 450 g/mol. The molecule has 4 aromatic rings. The highest BCUT2D eigenvalue weighted by Crippen LogP contribution is 2.37. The molecule has 31 heavy (non-hydrogen) atoms. The number of nitriles is 1. The van der Waals surface area contributed by atoms with Crippen LogP contribution in [0.25, 0.3) is 10.9 Å². The summed E-state index contributed by atoms with van der Waals surface area (Å²) in [5.74, 6) is 0. The van der Waals surface area contributed by atoms with Gasteiger partial charge in [0.25, 0.3) is 10.0 Å². The van der Waals surface area contributed by atoms with Crippen molar-refractivity contribution in [1.29, 1.82) is 5.26 Å². The van der Waals surface area contributed by atoms with Gasteiger partial charge in [0.2, 0.25) is 0 Å². The average Bonchev–Trinajstić information content (AvgIpc) is 2.75. The minimum atomic E-state index is -3.81. The molecular formula is C23H16ClN3O2S2. The summed E-state index contributed by atoms with van der Waals surface area (Å²) in [5.41, 5.74) is 2.49. The van der Waals surface area contributed by atoms with Crippen LogP contribution in [0.5, 0.6) is 0 Å². The molecule has 1 heterocycles. The highest BCUT2D eigenvalue weighted by molar-refractivity contribution is 7.99. The van der Waals surface area contributed by atoms with E-state index in [-0.39, 0.29) is 4.90 Å². The van der Waals surface area contributed by atoms with Gasteiger partial charge >= 0.3 is 0 Å². The van der Waals surface area contributed by atoms with Crippen molar-refractivity contribution < 1.29 is 8.42 Å². The van der Waals surface area contributed by atoms with E-state index in [1.165, 1.54) is 36.0 Å². The fourth-order valence-corrected chi connectivity index (χ4v) is 5.41. The monoisotopic (exact) mass is 465 g/mol. The van der Waals surface area contributed by atoms with Crippen LogP contribution >= 0.6 is 23.4 Å². The Morgan fingerprint density at radius 3 is 2.42 bits per heavy atom. The van der Waals surface area contributed by atoms with Crippen LogP contribution in [0.15, 0.2) is 87.6 Å². The first kappa shape index (κ1) is 21.2. The Hall–Kier alpha value is -3.05. The Morgan fingerprint density at radius 1 is 1.00 bits per heavy atom. The third-order valence-electron chi connectivity index (χ3n) is 4.69. The number of nitrogens with one attached hydrogen (secondary N) is 1. The first-order valence-corrected chi connectivity index (χ1v) is 11.9. The van der Waals surface area contributed by atoms with Gasteiger partial charge in [0.15, 0.2) is 0 Å². The van der Waals surface area contributed by atoms with Crippen LogP contribution in [-0.4, -0.2) is 13.4 Å². The maximum absolute atomic E-state index is 12.8. The van der Waals surface area contributed by atoms with Crippen molar-refractivity contribution in [3.05, 3.63) is 88.9 Å². The summed E-state index contributed by atoms with van der Waals surface area (Å²) < 4.78 is 28.3. The summed E-state index contributed by atoms with van der Waals surface area (Å²) in [4.78, 5) is 5.40. The van der Waals surface area contributed by atoms with E-state index in [9.17, 15) is 13.7 Å². The first-order valence-electron chi connectivity index (χ1n) is 9.24. The van der Waals surface area contributed by atoms with Gasteiger partial charge in [-0.25, -0.2) is 13.4 Å². The zero-order chi connectivity index (χ0) is 22.0. The van der Waals surface area contributed by atoms with Gasteiger partial charge in [0.1, 0.15) is 11.1 Å². The zero-order valence-corrected chi connectivity index (χ0v) is 18.7. The van der Waals surface area contributed by atoms with Crippen molar-refractivity contribution in [2.45, 2.75) is 21.7 Å². The third-order valence-corrected chi connectivity index (χ3v) is 7.39. The number of hydrogen-bond donors (Lipinski definition) is 1. The molecule has 1 aromatic heterocycles. The Labute approximate surface area is 189 Å². The minimum absolute atomic E-state index is 0.106. The van der Waals surface area contributed by atoms with E-state index in [1.807, 2.05) is 37.3 Å². The summed E-state index contributed by atoms with van der Waals surface area (Å²) in [5, 5.41) is 11.6. The molecule has 0 aliphatic heterocycles. The van der Waals surface area contributed by atoms with E-state index in [2.05, 4.69) is 15.8 Å². The number of halogens is 1. The Balaban J connectivity index is 1.74. The van der Waals surface area contributed by atoms with Crippen LogP contribution in [0.1, 0.15) is 11.1 Å². The van der Waals surface area contributed by atoms with Crippen molar-refractivity contribution in [1.82, 2.24) is 4.98 Å². The number of para-hydroxylation sites is 2. The number of anilines is 1. The van der Waals surface area contributed by atoms with Crippen LogP contribution < -0.4 is 4.72 Å². The molecule has 4 rings (SSSR count). The van der Waals surface area contributed by atoms with Gasteiger partial charge in [-0.1, -0.05) is 53.7 Å². The lowest BCUT2D eigenvalue weighted by Gasteiger charge is -2.14. The van der Waals surface area contributed by atoms with Gasteiger partial charge in [0, 0.05) is 15.3 Å². The lowest BCUT2D eigenvalue weighted by atomic mass is 10.1. The van der Waals surface area contributed by atoms with E-state index in [0.717, 1.165) is 16.5 Å². The smallest absolute Gasteiger partial charge is 0.261 e. The number of pyridine rings is 1. The molecule has 5 nitrogen and oxygen atoms in total. The number of rotatable bonds is 5. The van der Waals surface area contributed by atoms with E-state index in [0.29, 0.717) is 26.2 Å². The second kappa shape index (κ2) is 8.60. The molecule has 0 amide bonds. The average molecular weight is 466 g/mol. The van der Waals surface area contributed by atoms with Crippen molar-refractivity contribution in [3.8, 4) is 6.07 Å². The zero-order valence-electron chi connectivity index (χ0n) is 16.3. The molecule has 0 fully saturated rings. The summed E-state index contributed by atoms with van der Waals surface area (Å²) in [6.07, 6.45) is 0. The van der Waals surface area contributed by atoms with Gasteiger partial charge in [-0.05, 0) is 55.0 Å². The molecule has 3 aromatic carbocycles. The summed E-state index contributed by atoms with van der Waals surface area (Å²) in [6, 6.07) is 22.8. The van der Waals surface area contributed by atoms with Crippen LogP contribution in [0.4, 0.5) is 5.69 Å². The second-order valence-electron chi connectivity index (χ2n) is 6.70. The van der Waals surface area contributed by atoms with E-state index >= 15 is 0 Å². The molecule has 0 spiro atoms. The molecule has 1 N–H and O–H groups in total. The van der Waals surface area contributed by atoms with E-state index in [1.54, 1.807) is 18.2 Å². The normalized spacial score (nSPS) is 11.3. The van der Waals surface area contributed by atoms with E-state index < -0.39 is 10.0 Å². The van der Waals surface area contributed by atoms with Crippen molar-refractivity contribution in [2.24, 2.45) is 0 Å². The molecule has 0 aliphatic rings. The quantitative estimate of drug-likeness (QED) is 0.389. The lowest BCUT2D eigenvalue weighted by molar-refractivity contribution is 0.601. The largest absolute Gasteiger partial charge is 0.278 e. The molecule has 0 saturated heterocycles. The number of fused-ring (bicyclic) bond motifs is 1. The number of sulfonamides is 1. The minimum Gasteiger partial charge on any atom is -0.278 e. The number of nitrogens with zero attached hydrogens (tertiary/aromatic N) is 2. The van der Waals surface area contributed by atoms with Gasteiger partial charge in [0.05, 0.1) is 21.7 Å². The predicted octanol–water partition coefficient (Wildman–Crippen LogP) is 6.02. The predicted molar refractivity (Wildman–Crippen MR) is 124 cm³/mol. The van der Waals surface area contributed by atoms with Gasteiger partial charge in [-0.3, -0.25) is 4.72 Å². The van der Waals surface area contributed by atoms with Crippen molar-refractivity contribution >= 4 is 50.0 Å². The Morgan fingerprint density at radius 2 is 1.68 bits per heavy atom. The third kappa shape index (κ3) is 4.37. The van der Waals surface area contributed by atoms with Crippen molar-refractivity contribution in [2.75, 3.05) is 4.72 Å². The van der Waals surface area contributed by atoms with Crippen LogP contribution in [0.3, 0.4) is 0 Å². The lowest BCUT2D eigenvalue weighted by Crippen LogP contribution is -2.13. The van der Waals surface area contributed by atoms with Gasteiger partial charge < -0.3 is 0 Å². The number of benzene rings is 3.